The van der Waals surface area contributed by atoms with Crippen LogP contribution in [0, 0.1) is 77.7 Å². The van der Waals surface area contributed by atoms with Gasteiger partial charge in [0.2, 0.25) is 0 Å². The number of carbonyl (C=O) groups excluding carboxylic acids is 1. The van der Waals surface area contributed by atoms with Crippen molar-refractivity contribution in [1.82, 2.24) is 0 Å². The van der Waals surface area contributed by atoms with Crippen LogP contribution in [0.15, 0.2) is 0 Å². The lowest BCUT2D eigenvalue weighted by Crippen LogP contribution is -2.53. The summed E-state index contributed by atoms with van der Waals surface area (Å²) >= 11 is 0. The molecule has 0 saturated carbocycles. The molecule has 0 rings (SSSR count). The maximum atomic E-state index is 10.8. The highest BCUT2D eigenvalue weighted by molar-refractivity contribution is 5.49. The number of unbranched alkanes of at least 4 members (excludes halogenated alkanes) is 4. The highest BCUT2D eigenvalue weighted by atomic mass is 16.7. The SMILES string of the molecule is O=CCCCC#CCC#CCC#CCC#CCCCCC([N+](=O)[O-])([N+](=O)[O-])[N+](=O)[O-]. The third kappa shape index (κ3) is 10.4. The first kappa shape index (κ1) is 26.1. The number of nitro groups is 3. The van der Waals surface area contributed by atoms with E-state index in [1.54, 1.807) is 0 Å². The van der Waals surface area contributed by atoms with E-state index in [1.165, 1.54) is 0 Å². The predicted octanol–water partition coefficient (Wildman–Crippen LogP) is 2.58. The fraction of sp³-hybridized carbons (Fsp3) is 0.550. The minimum absolute atomic E-state index is 0.0706. The zero-order valence-corrected chi connectivity index (χ0v) is 16.3. The summed E-state index contributed by atoms with van der Waals surface area (Å²) in [5.41, 5.74) is 0. The second-order valence-electron chi connectivity index (χ2n) is 5.76. The van der Waals surface area contributed by atoms with Gasteiger partial charge in [0.05, 0.1) is 19.3 Å². The molecule has 0 aliphatic carbocycles. The van der Waals surface area contributed by atoms with Crippen LogP contribution in [0.2, 0.25) is 0 Å². The Morgan fingerprint density at radius 3 is 1.43 bits per heavy atom. The van der Waals surface area contributed by atoms with E-state index in [-0.39, 0.29) is 12.8 Å². The van der Waals surface area contributed by atoms with Crippen molar-refractivity contribution in [3.05, 3.63) is 30.3 Å². The normalized spacial score (nSPS) is 9.20. The fourth-order valence-corrected chi connectivity index (χ4v) is 2.01. The van der Waals surface area contributed by atoms with Gasteiger partial charge in [0.15, 0.2) is 21.2 Å². The lowest BCUT2D eigenvalue weighted by molar-refractivity contribution is -0.970. The van der Waals surface area contributed by atoms with Gasteiger partial charge in [-0.15, -0.1) is 11.8 Å². The summed E-state index contributed by atoms with van der Waals surface area (Å²) in [6.07, 6.45) is 3.66. The molecule has 0 amide bonds. The minimum Gasteiger partial charge on any atom is -0.303 e. The molecular formula is C20H21N3O7. The molecule has 10 nitrogen and oxygen atoms in total. The third-order valence-electron chi connectivity index (χ3n) is 3.60. The lowest BCUT2D eigenvalue weighted by Gasteiger charge is -2.07. The van der Waals surface area contributed by atoms with E-state index in [0.29, 0.717) is 38.5 Å². The average Bonchev–Trinajstić information content (AvgIpc) is 2.69. The van der Waals surface area contributed by atoms with E-state index in [4.69, 9.17) is 0 Å². The molecule has 0 spiro atoms. The predicted molar refractivity (Wildman–Crippen MR) is 107 cm³/mol. The maximum Gasteiger partial charge on any atom is 0.699 e. The summed E-state index contributed by atoms with van der Waals surface area (Å²) in [5, 5.41) is 32.3. The first-order valence-electron chi connectivity index (χ1n) is 9.09. The number of aldehydes is 1. The molecule has 0 aliphatic rings. The van der Waals surface area contributed by atoms with Gasteiger partial charge in [-0.2, -0.15) is 0 Å². The molecule has 0 aliphatic heterocycles. The standard InChI is InChI=1S/C20H21N3O7/c24-19-17-15-13-11-9-7-5-3-1-2-4-6-8-10-12-14-16-18-20(21(25)26,22(27)28)23(29)30/h19H,1,6-7,12-18H2. The first-order chi connectivity index (χ1) is 14.4. The summed E-state index contributed by atoms with van der Waals surface area (Å²) in [7, 11) is 0. The molecule has 0 heterocycles. The molecule has 0 bridgehead atoms. The Hall–Kier alpha value is -3.89. The van der Waals surface area contributed by atoms with Gasteiger partial charge in [-0.05, 0) is 19.3 Å². The van der Waals surface area contributed by atoms with Crippen LogP contribution in [0.25, 0.3) is 0 Å². The molecule has 0 aromatic heterocycles. The van der Waals surface area contributed by atoms with Crippen molar-refractivity contribution < 1.29 is 19.6 Å². The molecule has 0 unspecified atom stereocenters. The monoisotopic (exact) mass is 415 g/mol. The Kier molecular flexibility index (Phi) is 14.0. The van der Waals surface area contributed by atoms with Gasteiger partial charge in [-0.25, -0.2) is 0 Å². The van der Waals surface area contributed by atoms with Crippen molar-refractivity contribution in [2.45, 2.75) is 70.0 Å². The zero-order chi connectivity index (χ0) is 22.7. The molecule has 0 N–H and O–H groups in total. The summed E-state index contributed by atoms with van der Waals surface area (Å²) < 4.78 is 0. The highest BCUT2D eigenvalue weighted by Gasteiger charge is 2.69. The zero-order valence-electron chi connectivity index (χ0n) is 16.3. The van der Waals surface area contributed by atoms with Gasteiger partial charge >= 0.3 is 5.79 Å². The van der Waals surface area contributed by atoms with Gasteiger partial charge < -0.3 is 4.79 Å². The van der Waals surface area contributed by atoms with Gasteiger partial charge in [0.25, 0.3) is 0 Å². The van der Waals surface area contributed by atoms with Gasteiger partial charge in [-0.3, -0.25) is 30.3 Å². The van der Waals surface area contributed by atoms with Gasteiger partial charge in [0, 0.05) is 19.3 Å². The second kappa shape index (κ2) is 16.1. The van der Waals surface area contributed by atoms with Crippen LogP contribution < -0.4 is 0 Å². The van der Waals surface area contributed by atoms with Crippen molar-refractivity contribution in [2.24, 2.45) is 0 Å². The third-order valence-corrected chi connectivity index (χ3v) is 3.60. The van der Waals surface area contributed by atoms with E-state index in [2.05, 4.69) is 47.4 Å². The lowest BCUT2D eigenvalue weighted by atomic mass is 10.1. The fourth-order valence-electron chi connectivity index (χ4n) is 2.01. The van der Waals surface area contributed by atoms with E-state index in [9.17, 15) is 35.1 Å². The summed E-state index contributed by atoms with van der Waals surface area (Å²) in [5.74, 6) is 19.3. The molecule has 0 radical (unpaired) electrons. The molecule has 0 atom stereocenters. The molecule has 0 fully saturated rings. The quantitative estimate of drug-likeness (QED) is 0.133. The van der Waals surface area contributed by atoms with Gasteiger partial charge in [0.1, 0.15) is 6.29 Å². The molecule has 10 heteroatoms. The van der Waals surface area contributed by atoms with Crippen LogP contribution in [-0.2, 0) is 4.79 Å². The Morgan fingerprint density at radius 1 is 0.633 bits per heavy atom. The van der Waals surface area contributed by atoms with Crippen LogP contribution >= 0.6 is 0 Å². The maximum absolute atomic E-state index is 10.8. The molecule has 0 saturated heterocycles. The van der Waals surface area contributed by atoms with E-state index in [0.717, 1.165) is 12.7 Å². The van der Waals surface area contributed by atoms with Crippen molar-refractivity contribution >= 4 is 6.29 Å². The summed E-state index contributed by atoms with van der Waals surface area (Å²) in [6.45, 7) is 0. The molecule has 0 aromatic carbocycles. The smallest absolute Gasteiger partial charge is 0.303 e. The average molecular weight is 415 g/mol. The topological polar surface area (TPSA) is 146 Å². The van der Waals surface area contributed by atoms with Crippen molar-refractivity contribution in [3.8, 4) is 47.4 Å². The molecule has 30 heavy (non-hydrogen) atoms. The Balaban J connectivity index is 4.09. The highest BCUT2D eigenvalue weighted by Crippen LogP contribution is 2.20. The Morgan fingerprint density at radius 2 is 1.03 bits per heavy atom. The van der Waals surface area contributed by atoms with E-state index < -0.39 is 27.0 Å². The van der Waals surface area contributed by atoms with Crippen LogP contribution in [0.3, 0.4) is 0 Å². The van der Waals surface area contributed by atoms with Crippen molar-refractivity contribution in [3.63, 3.8) is 0 Å². The van der Waals surface area contributed by atoms with Crippen LogP contribution in [0.4, 0.5) is 0 Å². The molecular weight excluding hydrogens is 394 g/mol. The second-order valence-corrected chi connectivity index (χ2v) is 5.76. The van der Waals surface area contributed by atoms with Gasteiger partial charge in [-0.1, -0.05) is 35.5 Å². The Bertz CT molecular complexity index is 831. The minimum atomic E-state index is -3.40. The molecule has 0 aromatic rings. The summed E-state index contributed by atoms with van der Waals surface area (Å²) in [6, 6.07) is 0. The Labute approximate surface area is 174 Å². The van der Waals surface area contributed by atoms with Crippen LogP contribution in [-0.4, -0.2) is 26.8 Å². The number of nitrogens with zero attached hydrogens (tertiary/aromatic N) is 3. The summed E-state index contributed by atoms with van der Waals surface area (Å²) in [4.78, 5) is 38.0. The number of rotatable bonds is 10. The first-order valence-corrected chi connectivity index (χ1v) is 9.09. The number of carbonyl (C=O) groups is 1. The van der Waals surface area contributed by atoms with Crippen LogP contribution in [0.5, 0.6) is 0 Å². The number of hydrogen-bond acceptors (Lipinski definition) is 7. The largest absolute Gasteiger partial charge is 0.699 e. The van der Waals surface area contributed by atoms with E-state index >= 15 is 0 Å². The number of hydrogen-bond donors (Lipinski definition) is 0. The van der Waals surface area contributed by atoms with Crippen molar-refractivity contribution in [2.75, 3.05) is 0 Å². The van der Waals surface area contributed by atoms with E-state index in [1.807, 2.05) is 0 Å². The van der Waals surface area contributed by atoms with Crippen LogP contribution in [0.1, 0.15) is 64.2 Å². The van der Waals surface area contributed by atoms with Crippen molar-refractivity contribution in [1.29, 1.82) is 0 Å². The molecule has 158 valence electrons.